The number of carboxylic acid groups (broad SMARTS) is 2. The van der Waals surface area contributed by atoms with Crippen LogP contribution in [-0.4, -0.2) is 55.2 Å². The van der Waals surface area contributed by atoms with Crippen LogP contribution in [0.3, 0.4) is 0 Å². The maximum absolute atomic E-state index is 12.5. The molecule has 0 aliphatic carbocycles. The highest BCUT2D eigenvalue weighted by atomic mass is 32.1. The molecule has 1 fully saturated rings. The summed E-state index contributed by atoms with van der Waals surface area (Å²) < 4.78 is 0. The van der Waals surface area contributed by atoms with Gasteiger partial charge in [0.1, 0.15) is 0 Å². The van der Waals surface area contributed by atoms with Crippen molar-refractivity contribution in [3.63, 3.8) is 0 Å². The molecule has 4 rings (SSSR count). The van der Waals surface area contributed by atoms with Crippen molar-refractivity contribution in [3.8, 4) is 0 Å². The molecular weight excluding hydrogens is 594 g/mol. The summed E-state index contributed by atoms with van der Waals surface area (Å²) in [4.78, 5) is 55.2. The zero-order valence-electron chi connectivity index (χ0n) is 26.3. The molecular formula is C33H43N5O6S. The Hall–Kier alpha value is -4.19. The van der Waals surface area contributed by atoms with Crippen LogP contribution in [0.5, 0.6) is 0 Å². The van der Waals surface area contributed by atoms with Gasteiger partial charge in [-0.25, -0.2) is 0 Å². The number of nitrogens with two attached hydrogens (primary N) is 1. The van der Waals surface area contributed by atoms with E-state index in [0.29, 0.717) is 31.3 Å². The predicted octanol–water partition coefficient (Wildman–Crippen LogP) is 3.46. The van der Waals surface area contributed by atoms with E-state index < -0.39 is 11.9 Å². The molecule has 2 aliphatic heterocycles. The molecule has 11 nitrogen and oxygen atoms in total. The summed E-state index contributed by atoms with van der Waals surface area (Å²) in [5.74, 6) is -2.39. The standard InChI is InChI=1S/C33H43N5O6S/c1-15-20(6-8-29(39)40)26(35-23(15)12-25-17(3)22(10-11-34)33(44)37-25)14-27-21(7-9-30(41)42)16(2)24(36-27)13-28-31(19(5)45)18(4)32(43)38-28/h10-11,13,18-19,25,31,35-36,45H,6-9,12,14,34H2,1-5H3,(H,37,44)(H,38,43)(H,39,40)(H,41,42)/b11-10-,28-13-/t18-,19-,25-,31+/m1/s1. The van der Waals surface area contributed by atoms with Crippen LogP contribution in [0.1, 0.15) is 78.6 Å². The number of carbonyl (C=O) groups is 4. The summed E-state index contributed by atoms with van der Waals surface area (Å²) in [5.41, 5.74) is 14.6. The number of hydrogen-bond acceptors (Lipinski definition) is 6. The van der Waals surface area contributed by atoms with Crippen LogP contribution >= 0.6 is 12.6 Å². The second-order valence-corrected chi connectivity index (χ2v) is 12.9. The highest BCUT2D eigenvalue weighted by molar-refractivity contribution is 7.80. The summed E-state index contributed by atoms with van der Waals surface area (Å²) >= 11 is 4.63. The minimum Gasteiger partial charge on any atom is -0.481 e. The Labute approximate surface area is 268 Å². The van der Waals surface area contributed by atoms with Crippen LogP contribution in [0, 0.1) is 25.7 Å². The normalized spacial score (nSPS) is 21.6. The first-order valence-electron chi connectivity index (χ1n) is 15.2. The molecule has 0 bridgehead atoms. The van der Waals surface area contributed by atoms with Crippen molar-refractivity contribution in [1.29, 1.82) is 0 Å². The lowest BCUT2D eigenvalue weighted by atomic mass is 9.91. The fraction of sp³-hybridized carbons (Fsp3) is 0.455. The third-order valence-electron chi connectivity index (χ3n) is 9.18. The number of aliphatic carboxylic acids is 2. The van der Waals surface area contributed by atoms with Crippen LogP contribution in [-0.2, 0) is 44.9 Å². The molecule has 2 aromatic rings. The minimum atomic E-state index is -0.909. The summed E-state index contributed by atoms with van der Waals surface area (Å²) in [7, 11) is 0. The van der Waals surface area contributed by atoms with Crippen LogP contribution in [0.15, 0.2) is 29.1 Å². The number of carboxylic acids is 2. The van der Waals surface area contributed by atoms with Gasteiger partial charge in [0, 0.05) is 76.8 Å². The van der Waals surface area contributed by atoms with Gasteiger partial charge >= 0.3 is 11.9 Å². The Morgan fingerprint density at radius 1 is 0.978 bits per heavy atom. The van der Waals surface area contributed by atoms with Gasteiger partial charge < -0.3 is 36.5 Å². The number of thiol groups is 1. The summed E-state index contributed by atoms with van der Waals surface area (Å²) in [6.45, 7) is 9.61. The van der Waals surface area contributed by atoms with Gasteiger partial charge in [0.15, 0.2) is 0 Å². The van der Waals surface area contributed by atoms with Crippen molar-refractivity contribution in [2.24, 2.45) is 17.6 Å². The number of nitrogens with one attached hydrogen (secondary N) is 4. The van der Waals surface area contributed by atoms with E-state index in [4.69, 9.17) is 5.73 Å². The summed E-state index contributed by atoms with van der Waals surface area (Å²) in [5, 5.41) is 24.9. The van der Waals surface area contributed by atoms with Crippen molar-refractivity contribution >= 4 is 42.5 Å². The van der Waals surface area contributed by atoms with Gasteiger partial charge in [-0.15, -0.1) is 0 Å². The lowest BCUT2D eigenvalue weighted by molar-refractivity contribution is -0.138. The van der Waals surface area contributed by atoms with E-state index in [0.717, 1.165) is 56.3 Å². The Morgan fingerprint density at radius 2 is 1.58 bits per heavy atom. The fourth-order valence-corrected chi connectivity index (χ4v) is 7.03. The number of rotatable bonds is 13. The first kappa shape index (κ1) is 33.7. The van der Waals surface area contributed by atoms with E-state index in [2.05, 4.69) is 33.2 Å². The number of allylic oxidation sites excluding steroid dienone is 1. The molecule has 0 saturated carbocycles. The molecule has 2 amide bonds. The molecule has 0 radical (unpaired) electrons. The minimum absolute atomic E-state index is 0.0518. The predicted molar refractivity (Wildman–Crippen MR) is 175 cm³/mol. The molecule has 8 N–H and O–H groups in total. The Bertz CT molecular complexity index is 1610. The smallest absolute Gasteiger partial charge is 0.303 e. The number of hydrogen-bond donors (Lipinski definition) is 8. The Kier molecular flexibility index (Phi) is 10.4. The summed E-state index contributed by atoms with van der Waals surface area (Å²) in [6, 6.07) is -0.246. The van der Waals surface area contributed by atoms with Crippen molar-refractivity contribution in [2.45, 2.75) is 84.4 Å². The molecule has 2 aliphatic rings. The Morgan fingerprint density at radius 3 is 2.16 bits per heavy atom. The lowest BCUT2D eigenvalue weighted by Gasteiger charge is -2.17. The average Bonchev–Trinajstić information content (AvgIpc) is 3.60. The van der Waals surface area contributed by atoms with Crippen LogP contribution in [0.25, 0.3) is 6.08 Å². The highest BCUT2D eigenvalue weighted by Gasteiger charge is 2.38. The maximum Gasteiger partial charge on any atom is 0.303 e. The molecule has 0 aromatic carbocycles. The molecule has 1 saturated heterocycles. The number of aromatic nitrogens is 2. The van der Waals surface area contributed by atoms with Gasteiger partial charge in [-0.05, 0) is 79.8 Å². The third-order valence-corrected chi connectivity index (χ3v) is 9.50. The first-order chi connectivity index (χ1) is 21.2. The molecule has 45 heavy (non-hydrogen) atoms. The van der Waals surface area contributed by atoms with E-state index in [9.17, 15) is 29.4 Å². The molecule has 12 heteroatoms. The monoisotopic (exact) mass is 637 g/mol. The first-order valence-corrected chi connectivity index (χ1v) is 15.7. The second kappa shape index (κ2) is 13.8. The lowest BCUT2D eigenvalue weighted by Crippen LogP contribution is -2.30. The van der Waals surface area contributed by atoms with E-state index in [1.807, 2.05) is 40.7 Å². The molecule has 4 heterocycles. The van der Waals surface area contributed by atoms with E-state index >= 15 is 0 Å². The zero-order chi connectivity index (χ0) is 33.2. The average molecular weight is 638 g/mol. The van der Waals surface area contributed by atoms with Gasteiger partial charge in [-0.2, -0.15) is 12.6 Å². The van der Waals surface area contributed by atoms with Crippen LogP contribution in [0.2, 0.25) is 0 Å². The fourth-order valence-electron chi connectivity index (χ4n) is 6.61. The van der Waals surface area contributed by atoms with Crippen molar-refractivity contribution < 1.29 is 29.4 Å². The number of carbonyl (C=O) groups excluding carboxylic acids is 2. The molecule has 0 spiro atoms. The van der Waals surface area contributed by atoms with Gasteiger partial charge in [-0.3, -0.25) is 19.2 Å². The molecule has 4 atom stereocenters. The van der Waals surface area contributed by atoms with Crippen LogP contribution < -0.4 is 16.4 Å². The van der Waals surface area contributed by atoms with E-state index in [-0.39, 0.29) is 47.8 Å². The molecule has 0 unspecified atom stereocenters. The van der Waals surface area contributed by atoms with Crippen molar-refractivity contribution in [3.05, 3.63) is 74.1 Å². The third kappa shape index (κ3) is 7.22. The zero-order valence-corrected chi connectivity index (χ0v) is 27.2. The maximum atomic E-state index is 12.5. The Balaban J connectivity index is 1.75. The molecule has 242 valence electrons. The van der Waals surface area contributed by atoms with Gasteiger partial charge in [0.25, 0.3) is 5.91 Å². The molecule has 2 aromatic heterocycles. The number of amides is 2. The van der Waals surface area contributed by atoms with Crippen molar-refractivity contribution in [1.82, 2.24) is 20.6 Å². The summed E-state index contributed by atoms with van der Waals surface area (Å²) in [6.07, 6.45) is 6.23. The van der Waals surface area contributed by atoms with Gasteiger partial charge in [0.2, 0.25) is 5.91 Å². The quantitative estimate of drug-likeness (QED) is 0.154. The van der Waals surface area contributed by atoms with E-state index in [1.54, 1.807) is 6.08 Å². The second-order valence-electron chi connectivity index (χ2n) is 12.1. The van der Waals surface area contributed by atoms with E-state index in [1.165, 1.54) is 6.20 Å². The van der Waals surface area contributed by atoms with Gasteiger partial charge in [0.05, 0.1) is 6.04 Å². The highest BCUT2D eigenvalue weighted by Crippen LogP contribution is 2.35. The SMILES string of the molecule is CC1=C(/C=C\N)C(=O)N[C@@H]1Cc1[nH]c(Cc2[nH]c(/C=C3\NC(=O)[C@H](C)[C@H]3[C@@H](C)S)c(C)c2CCC(=O)O)c(CCC(=O)O)c1C. The van der Waals surface area contributed by atoms with Gasteiger partial charge in [-0.1, -0.05) is 13.8 Å². The van der Waals surface area contributed by atoms with Crippen molar-refractivity contribution in [2.75, 3.05) is 0 Å². The van der Waals surface area contributed by atoms with Crippen LogP contribution in [0.4, 0.5) is 0 Å². The number of aromatic amines is 2. The number of H-pyrrole nitrogens is 2. The largest absolute Gasteiger partial charge is 0.481 e. The topological polar surface area (TPSA) is 190 Å².